The molecule has 0 bridgehead atoms. The normalized spacial score (nSPS) is 10.2. The number of aromatic nitrogens is 2. The fourth-order valence-corrected chi connectivity index (χ4v) is 1.61. The molecule has 0 amide bonds. The Morgan fingerprint density at radius 3 is 2.85 bits per heavy atom. The van der Waals surface area contributed by atoms with Gasteiger partial charge in [-0.2, -0.15) is 5.26 Å². The molecule has 2 N–H and O–H groups in total. The first-order chi connectivity index (χ1) is 6.22. The zero-order chi connectivity index (χ0) is 9.42. The van der Waals surface area contributed by atoms with Crippen LogP contribution in [0, 0.1) is 11.3 Å². The number of benzene rings is 1. The van der Waals surface area contributed by atoms with Crippen molar-refractivity contribution in [1.82, 2.24) is 9.97 Å². The molecular weight excluding hydrogens is 234 g/mol. The molecule has 1 aromatic carbocycles. The highest BCUT2D eigenvalue weighted by Gasteiger charge is 2.07. The summed E-state index contributed by atoms with van der Waals surface area (Å²) in [6.45, 7) is 0. The van der Waals surface area contributed by atoms with E-state index in [1.165, 1.54) is 0 Å². The van der Waals surface area contributed by atoms with Gasteiger partial charge in [0.05, 0.1) is 16.6 Å². The van der Waals surface area contributed by atoms with Gasteiger partial charge in [-0.05, 0) is 28.1 Å². The summed E-state index contributed by atoms with van der Waals surface area (Å²) >= 11 is 3.23. The Kier molecular flexibility index (Phi) is 1.71. The molecule has 0 aliphatic heterocycles. The highest BCUT2D eigenvalue weighted by atomic mass is 79.9. The number of nitriles is 1. The number of fused-ring (bicyclic) bond motifs is 1. The highest BCUT2D eigenvalue weighted by molar-refractivity contribution is 9.10. The molecule has 4 nitrogen and oxygen atoms in total. The van der Waals surface area contributed by atoms with E-state index in [1.807, 2.05) is 6.07 Å². The van der Waals surface area contributed by atoms with Crippen LogP contribution < -0.4 is 5.69 Å². The number of imidazole rings is 1. The van der Waals surface area contributed by atoms with Gasteiger partial charge in [0.15, 0.2) is 0 Å². The topological polar surface area (TPSA) is 72.4 Å². The fraction of sp³-hybridized carbons (Fsp3) is 0. The van der Waals surface area contributed by atoms with Gasteiger partial charge in [-0.15, -0.1) is 0 Å². The number of aromatic amines is 2. The zero-order valence-corrected chi connectivity index (χ0v) is 7.97. The minimum Gasteiger partial charge on any atom is -0.306 e. The van der Waals surface area contributed by atoms with Crippen LogP contribution in [0.5, 0.6) is 0 Å². The van der Waals surface area contributed by atoms with E-state index in [1.54, 1.807) is 12.1 Å². The van der Waals surface area contributed by atoms with E-state index < -0.39 is 0 Å². The largest absolute Gasteiger partial charge is 0.323 e. The van der Waals surface area contributed by atoms with E-state index in [0.717, 1.165) is 0 Å². The van der Waals surface area contributed by atoms with Crippen LogP contribution in [-0.2, 0) is 0 Å². The van der Waals surface area contributed by atoms with E-state index in [-0.39, 0.29) is 5.69 Å². The Labute approximate surface area is 81.3 Å². The first-order valence-electron chi connectivity index (χ1n) is 3.53. The summed E-state index contributed by atoms with van der Waals surface area (Å²) in [5.41, 5.74) is 1.33. The molecule has 2 rings (SSSR count). The molecule has 1 aromatic heterocycles. The van der Waals surface area contributed by atoms with Crippen LogP contribution in [-0.4, -0.2) is 9.97 Å². The molecule has 5 heteroatoms. The SMILES string of the molecule is N#Cc1c(Br)ccc2[nH]c(=O)[nH]c12. The van der Waals surface area contributed by atoms with Crippen LogP contribution in [0.15, 0.2) is 21.4 Å². The minimum atomic E-state index is -0.301. The third-order valence-electron chi connectivity index (χ3n) is 1.75. The number of rotatable bonds is 0. The maximum atomic E-state index is 10.9. The van der Waals surface area contributed by atoms with Crippen LogP contribution in [0.25, 0.3) is 11.0 Å². The van der Waals surface area contributed by atoms with Crippen molar-refractivity contribution in [1.29, 1.82) is 5.26 Å². The Morgan fingerprint density at radius 2 is 2.15 bits per heavy atom. The van der Waals surface area contributed by atoms with Gasteiger partial charge in [-0.1, -0.05) is 0 Å². The fourth-order valence-electron chi connectivity index (χ4n) is 1.19. The molecule has 0 aliphatic rings. The van der Waals surface area contributed by atoms with Gasteiger partial charge < -0.3 is 9.97 Å². The van der Waals surface area contributed by atoms with Crippen molar-refractivity contribution in [3.8, 4) is 6.07 Å². The summed E-state index contributed by atoms with van der Waals surface area (Å²) in [7, 11) is 0. The van der Waals surface area contributed by atoms with Gasteiger partial charge in [0.1, 0.15) is 6.07 Å². The predicted molar refractivity (Wildman–Crippen MR) is 51.3 cm³/mol. The first kappa shape index (κ1) is 8.08. The molecule has 0 aliphatic carbocycles. The molecule has 0 saturated carbocycles. The van der Waals surface area contributed by atoms with Crippen molar-refractivity contribution in [3.63, 3.8) is 0 Å². The quantitative estimate of drug-likeness (QED) is 0.729. The second-order valence-electron chi connectivity index (χ2n) is 2.54. The Hall–Kier alpha value is -1.54. The molecule has 64 valence electrons. The highest BCUT2D eigenvalue weighted by Crippen LogP contribution is 2.21. The molecule has 0 radical (unpaired) electrons. The zero-order valence-electron chi connectivity index (χ0n) is 6.39. The van der Waals surface area contributed by atoms with Gasteiger partial charge in [-0.3, -0.25) is 0 Å². The van der Waals surface area contributed by atoms with Crippen LogP contribution in [0.4, 0.5) is 0 Å². The molecule has 0 spiro atoms. The number of hydrogen-bond donors (Lipinski definition) is 2. The maximum Gasteiger partial charge on any atom is 0.323 e. The Bertz CT molecular complexity index is 561. The third-order valence-corrected chi connectivity index (χ3v) is 2.41. The third kappa shape index (κ3) is 1.15. The monoisotopic (exact) mass is 237 g/mol. The van der Waals surface area contributed by atoms with Gasteiger partial charge in [-0.25, -0.2) is 4.79 Å². The average molecular weight is 238 g/mol. The second-order valence-corrected chi connectivity index (χ2v) is 3.39. The summed E-state index contributed by atoms with van der Waals surface area (Å²) in [6.07, 6.45) is 0. The molecule has 0 unspecified atom stereocenters. The molecule has 2 aromatic rings. The molecule has 0 fully saturated rings. The van der Waals surface area contributed by atoms with E-state index >= 15 is 0 Å². The van der Waals surface area contributed by atoms with Gasteiger partial charge in [0, 0.05) is 4.47 Å². The summed E-state index contributed by atoms with van der Waals surface area (Å²) in [6, 6.07) is 5.48. The minimum absolute atomic E-state index is 0.301. The lowest BCUT2D eigenvalue weighted by Gasteiger charge is -1.94. The number of H-pyrrole nitrogens is 2. The smallest absolute Gasteiger partial charge is 0.306 e. The van der Waals surface area contributed by atoms with Crippen molar-refractivity contribution in [2.75, 3.05) is 0 Å². The maximum absolute atomic E-state index is 10.9. The van der Waals surface area contributed by atoms with E-state index in [0.29, 0.717) is 21.1 Å². The molecular formula is C8H4BrN3O. The first-order valence-corrected chi connectivity index (χ1v) is 4.32. The molecule has 1 heterocycles. The van der Waals surface area contributed by atoms with Crippen molar-refractivity contribution >= 4 is 27.0 Å². The van der Waals surface area contributed by atoms with Crippen molar-refractivity contribution in [2.24, 2.45) is 0 Å². The summed E-state index contributed by atoms with van der Waals surface area (Å²) in [5.74, 6) is 0. The Balaban J connectivity index is 3.01. The summed E-state index contributed by atoms with van der Waals surface area (Å²) in [4.78, 5) is 16.1. The number of hydrogen-bond acceptors (Lipinski definition) is 2. The lowest BCUT2D eigenvalue weighted by Crippen LogP contribution is -1.99. The van der Waals surface area contributed by atoms with Gasteiger partial charge in [0.2, 0.25) is 0 Å². The van der Waals surface area contributed by atoms with Crippen molar-refractivity contribution in [3.05, 3.63) is 32.7 Å². The standard InChI is InChI=1S/C8H4BrN3O/c9-5-1-2-6-7(4(5)3-10)12-8(13)11-6/h1-2H,(H2,11,12,13). The molecule has 0 saturated heterocycles. The summed E-state index contributed by atoms with van der Waals surface area (Å²) < 4.78 is 0.678. The Morgan fingerprint density at radius 1 is 1.38 bits per heavy atom. The number of halogens is 1. The average Bonchev–Trinajstić information content (AvgIpc) is 2.45. The van der Waals surface area contributed by atoms with Crippen LogP contribution >= 0.6 is 15.9 Å². The lowest BCUT2D eigenvalue weighted by atomic mass is 10.2. The molecule has 13 heavy (non-hydrogen) atoms. The van der Waals surface area contributed by atoms with E-state index in [9.17, 15) is 4.79 Å². The lowest BCUT2D eigenvalue weighted by molar-refractivity contribution is 1.21. The van der Waals surface area contributed by atoms with Crippen molar-refractivity contribution in [2.45, 2.75) is 0 Å². The van der Waals surface area contributed by atoms with Gasteiger partial charge >= 0.3 is 5.69 Å². The van der Waals surface area contributed by atoms with E-state index in [2.05, 4.69) is 25.9 Å². The van der Waals surface area contributed by atoms with Crippen molar-refractivity contribution < 1.29 is 0 Å². The summed E-state index contributed by atoms with van der Waals surface area (Å²) in [5, 5.41) is 8.81. The van der Waals surface area contributed by atoms with Gasteiger partial charge in [0.25, 0.3) is 0 Å². The second kappa shape index (κ2) is 2.75. The number of nitrogens with zero attached hydrogens (tertiary/aromatic N) is 1. The van der Waals surface area contributed by atoms with Crippen LogP contribution in [0.3, 0.4) is 0 Å². The van der Waals surface area contributed by atoms with Crippen LogP contribution in [0.1, 0.15) is 5.56 Å². The number of nitrogens with one attached hydrogen (secondary N) is 2. The van der Waals surface area contributed by atoms with Crippen LogP contribution in [0.2, 0.25) is 0 Å². The van der Waals surface area contributed by atoms with E-state index in [4.69, 9.17) is 5.26 Å². The predicted octanol–water partition coefficient (Wildman–Crippen LogP) is 1.49. The molecule has 0 atom stereocenters.